The highest BCUT2D eigenvalue weighted by Crippen LogP contribution is 2.29. The first-order valence-electron chi connectivity index (χ1n) is 5.33. The number of aldehydes is 1. The van der Waals surface area contributed by atoms with Gasteiger partial charge in [0.25, 0.3) is 0 Å². The molecule has 16 heavy (non-hydrogen) atoms. The Kier molecular flexibility index (Phi) is 3.19. The maximum atomic E-state index is 11.0. The lowest BCUT2D eigenvalue weighted by Gasteiger charge is -1.96. The van der Waals surface area contributed by atoms with Gasteiger partial charge in [-0.25, -0.2) is 0 Å². The van der Waals surface area contributed by atoms with Gasteiger partial charge in [-0.15, -0.1) is 11.3 Å². The molecule has 0 saturated heterocycles. The van der Waals surface area contributed by atoms with Gasteiger partial charge in [-0.2, -0.15) is 5.10 Å². The molecule has 0 bridgehead atoms. The predicted octanol–water partition coefficient (Wildman–Crippen LogP) is 3.14. The van der Waals surface area contributed by atoms with E-state index in [1.807, 2.05) is 29.2 Å². The van der Waals surface area contributed by atoms with E-state index in [4.69, 9.17) is 0 Å². The van der Waals surface area contributed by atoms with E-state index in [1.54, 1.807) is 11.3 Å². The monoisotopic (exact) mass is 234 g/mol. The topological polar surface area (TPSA) is 34.9 Å². The summed E-state index contributed by atoms with van der Waals surface area (Å²) >= 11 is 1.63. The summed E-state index contributed by atoms with van der Waals surface area (Å²) in [4.78, 5) is 12.1. The van der Waals surface area contributed by atoms with Crippen LogP contribution in [0.4, 0.5) is 0 Å². The Balaban J connectivity index is 2.47. The third kappa shape index (κ3) is 1.93. The molecule has 0 aliphatic rings. The Bertz CT molecular complexity index is 499. The van der Waals surface area contributed by atoms with E-state index in [0.29, 0.717) is 5.56 Å². The molecule has 0 amide bonds. The number of carbonyl (C=O) groups excluding carboxylic acids is 1. The smallest absolute Gasteiger partial charge is 0.153 e. The Morgan fingerprint density at radius 2 is 2.38 bits per heavy atom. The summed E-state index contributed by atoms with van der Waals surface area (Å²) in [5.41, 5.74) is 2.67. The van der Waals surface area contributed by atoms with Gasteiger partial charge in [0, 0.05) is 12.7 Å². The van der Waals surface area contributed by atoms with Crippen molar-refractivity contribution in [1.29, 1.82) is 0 Å². The summed E-state index contributed by atoms with van der Waals surface area (Å²) in [5, 5.41) is 6.50. The van der Waals surface area contributed by atoms with Crippen LogP contribution in [-0.4, -0.2) is 16.1 Å². The van der Waals surface area contributed by atoms with Crippen LogP contribution in [0.25, 0.3) is 10.6 Å². The summed E-state index contributed by atoms with van der Waals surface area (Å²) in [5.74, 6) is 0. The number of aromatic nitrogens is 2. The normalized spacial score (nSPS) is 10.6. The molecular formula is C12H14N2OS. The van der Waals surface area contributed by atoms with Gasteiger partial charge in [0.15, 0.2) is 6.29 Å². The van der Waals surface area contributed by atoms with Gasteiger partial charge in [-0.05, 0) is 30.4 Å². The molecule has 0 spiro atoms. The largest absolute Gasteiger partial charge is 0.298 e. The molecule has 0 fully saturated rings. The summed E-state index contributed by atoms with van der Waals surface area (Å²) in [6, 6.07) is 2.05. The molecule has 0 aromatic carbocycles. The molecule has 2 aromatic heterocycles. The van der Waals surface area contributed by atoms with Crippen LogP contribution in [0.3, 0.4) is 0 Å². The number of carbonyl (C=O) groups is 1. The number of hydrogen-bond acceptors (Lipinski definition) is 3. The Morgan fingerprint density at radius 1 is 1.56 bits per heavy atom. The lowest BCUT2D eigenvalue weighted by molar-refractivity contribution is 0.112. The predicted molar refractivity (Wildman–Crippen MR) is 66.0 cm³/mol. The zero-order valence-electron chi connectivity index (χ0n) is 9.43. The van der Waals surface area contributed by atoms with Gasteiger partial charge in [-0.3, -0.25) is 9.48 Å². The zero-order valence-corrected chi connectivity index (χ0v) is 10.3. The van der Waals surface area contributed by atoms with Crippen molar-refractivity contribution in [3.8, 4) is 10.6 Å². The molecule has 0 radical (unpaired) electrons. The second-order valence-electron chi connectivity index (χ2n) is 3.75. The number of thiophene rings is 1. The van der Waals surface area contributed by atoms with Gasteiger partial charge >= 0.3 is 0 Å². The molecule has 2 aromatic rings. The second-order valence-corrected chi connectivity index (χ2v) is 4.66. The second kappa shape index (κ2) is 4.61. The van der Waals surface area contributed by atoms with Crippen molar-refractivity contribution < 1.29 is 4.79 Å². The van der Waals surface area contributed by atoms with E-state index in [0.717, 1.165) is 29.8 Å². The van der Waals surface area contributed by atoms with E-state index >= 15 is 0 Å². The van der Waals surface area contributed by atoms with Crippen molar-refractivity contribution in [2.24, 2.45) is 0 Å². The highest BCUT2D eigenvalue weighted by Gasteiger charge is 2.13. The Morgan fingerprint density at radius 3 is 2.94 bits per heavy atom. The first-order chi connectivity index (χ1) is 7.76. The van der Waals surface area contributed by atoms with Gasteiger partial charge in [0.05, 0.1) is 10.4 Å². The third-order valence-electron chi connectivity index (χ3n) is 2.45. The lowest BCUT2D eigenvalue weighted by atomic mass is 10.2. The number of rotatable bonds is 4. The van der Waals surface area contributed by atoms with Crippen LogP contribution in [0.5, 0.6) is 0 Å². The number of aryl methyl sites for hydroxylation is 2. The molecule has 0 unspecified atom stereocenters. The van der Waals surface area contributed by atoms with E-state index in [1.165, 1.54) is 5.56 Å². The molecule has 0 aliphatic carbocycles. The van der Waals surface area contributed by atoms with Crippen molar-refractivity contribution in [2.75, 3.05) is 0 Å². The standard InChI is InChI=1S/C12H14N2OS/c1-3-5-14-7-10(8-15)11(13-14)12-9(2)4-6-16-12/h4,6-8H,3,5H2,1-2H3. The molecule has 0 N–H and O–H groups in total. The molecule has 0 aliphatic heterocycles. The van der Waals surface area contributed by atoms with Crippen LogP contribution < -0.4 is 0 Å². The average molecular weight is 234 g/mol. The van der Waals surface area contributed by atoms with Crippen LogP contribution in [0.15, 0.2) is 17.6 Å². The van der Waals surface area contributed by atoms with Crippen LogP contribution >= 0.6 is 11.3 Å². The minimum atomic E-state index is 0.680. The maximum Gasteiger partial charge on any atom is 0.153 e. The highest BCUT2D eigenvalue weighted by molar-refractivity contribution is 7.13. The molecule has 2 rings (SSSR count). The fourth-order valence-electron chi connectivity index (χ4n) is 1.66. The molecule has 84 valence electrons. The Hall–Kier alpha value is -1.42. The van der Waals surface area contributed by atoms with E-state index in [2.05, 4.69) is 12.0 Å². The quantitative estimate of drug-likeness (QED) is 0.762. The van der Waals surface area contributed by atoms with E-state index in [9.17, 15) is 4.79 Å². The maximum absolute atomic E-state index is 11.0. The van der Waals surface area contributed by atoms with Crippen molar-refractivity contribution in [3.63, 3.8) is 0 Å². The fourth-order valence-corrected chi connectivity index (χ4v) is 2.59. The minimum Gasteiger partial charge on any atom is -0.298 e. The van der Waals surface area contributed by atoms with Gasteiger partial charge in [0.2, 0.25) is 0 Å². The first-order valence-corrected chi connectivity index (χ1v) is 6.21. The van der Waals surface area contributed by atoms with E-state index in [-0.39, 0.29) is 0 Å². The van der Waals surface area contributed by atoms with E-state index < -0.39 is 0 Å². The summed E-state index contributed by atoms with van der Waals surface area (Å²) < 4.78 is 1.85. The minimum absolute atomic E-state index is 0.680. The van der Waals surface area contributed by atoms with Crippen molar-refractivity contribution in [2.45, 2.75) is 26.8 Å². The SMILES string of the molecule is CCCn1cc(C=O)c(-c2sccc2C)n1. The average Bonchev–Trinajstić information content (AvgIpc) is 2.84. The van der Waals surface area contributed by atoms with Crippen molar-refractivity contribution in [1.82, 2.24) is 9.78 Å². The Labute approximate surface area is 98.7 Å². The summed E-state index contributed by atoms with van der Waals surface area (Å²) in [6.07, 6.45) is 3.72. The fraction of sp³-hybridized carbons (Fsp3) is 0.333. The highest BCUT2D eigenvalue weighted by atomic mass is 32.1. The lowest BCUT2D eigenvalue weighted by Crippen LogP contribution is -1.96. The molecule has 4 heteroatoms. The van der Waals surface area contributed by atoms with Crippen LogP contribution in [0.2, 0.25) is 0 Å². The third-order valence-corrected chi connectivity index (χ3v) is 3.47. The van der Waals surface area contributed by atoms with Crippen LogP contribution in [-0.2, 0) is 6.54 Å². The van der Waals surface area contributed by atoms with Crippen LogP contribution in [0.1, 0.15) is 29.3 Å². The van der Waals surface area contributed by atoms with Crippen molar-refractivity contribution >= 4 is 17.6 Å². The summed E-state index contributed by atoms with van der Waals surface area (Å²) in [6.45, 7) is 4.99. The molecule has 0 saturated carbocycles. The van der Waals surface area contributed by atoms with Crippen molar-refractivity contribution in [3.05, 3.63) is 28.8 Å². The van der Waals surface area contributed by atoms with Gasteiger partial charge < -0.3 is 0 Å². The molecule has 2 heterocycles. The number of hydrogen-bond donors (Lipinski definition) is 0. The van der Waals surface area contributed by atoms with Gasteiger partial charge in [-0.1, -0.05) is 6.92 Å². The molecular weight excluding hydrogens is 220 g/mol. The zero-order chi connectivity index (χ0) is 11.5. The molecule has 0 atom stereocenters. The number of nitrogens with zero attached hydrogens (tertiary/aromatic N) is 2. The summed E-state index contributed by atoms with van der Waals surface area (Å²) in [7, 11) is 0. The molecule has 3 nitrogen and oxygen atoms in total. The van der Waals surface area contributed by atoms with Crippen LogP contribution in [0, 0.1) is 6.92 Å². The first kappa shape index (κ1) is 11.1. The van der Waals surface area contributed by atoms with Gasteiger partial charge in [0.1, 0.15) is 5.69 Å².